The van der Waals surface area contributed by atoms with Gasteiger partial charge in [-0.3, -0.25) is 4.79 Å². The van der Waals surface area contributed by atoms with Gasteiger partial charge in [0.2, 0.25) is 0 Å². The molecule has 0 radical (unpaired) electrons. The maximum absolute atomic E-state index is 11.4. The summed E-state index contributed by atoms with van der Waals surface area (Å²) in [6, 6.07) is 3.25. The lowest BCUT2D eigenvalue weighted by Gasteiger charge is -2.23. The van der Waals surface area contributed by atoms with Crippen molar-refractivity contribution in [1.82, 2.24) is 15.5 Å². The van der Waals surface area contributed by atoms with E-state index >= 15 is 0 Å². The number of carbonyl (C=O) groups is 1. The fourth-order valence-electron chi connectivity index (χ4n) is 1.16. The zero-order valence-corrected chi connectivity index (χ0v) is 10.3. The highest BCUT2D eigenvalue weighted by Crippen LogP contribution is 2.11. The fraction of sp³-hybridized carbons (Fsp3) is 0.545. The molecule has 0 aliphatic heterocycles. The maximum Gasteiger partial charge on any atom is 0.271 e. The molecule has 94 valence electrons. The molecule has 0 aliphatic rings. The number of carbonyl (C=O) groups excluding carboxylic acids is 1. The number of aliphatic hydroxyl groups excluding tert-OH is 1. The molecule has 1 aromatic heterocycles. The van der Waals surface area contributed by atoms with Crippen molar-refractivity contribution in [3.05, 3.63) is 17.8 Å². The third-order valence-electron chi connectivity index (χ3n) is 2.10. The monoisotopic (exact) mass is 238 g/mol. The quantitative estimate of drug-likeness (QED) is 0.691. The molecule has 1 amide bonds. The van der Waals surface area contributed by atoms with Crippen LogP contribution in [0.3, 0.4) is 0 Å². The van der Waals surface area contributed by atoms with Crippen LogP contribution >= 0.6 is 0 Å². The van der Waals surface area contributed by atoms with Crippen molar-refractivity contribution in [1.29, 1.82) is 0 Å². The second-order valence-corrected chi connectivity index (χ2v) is 4.33. The van der Waals surface area contributed by atoms with Crippen molar-refractivity contribution in [2.75, 3.05) is 18.5 Å². The normalized spacial score (nSPS) is 11.1. The van der Waals surface area contributed by atoms with E-state index in [0.717, 1.165) is 0 Å². The standard InChI is InChI=1S/C11H18N4O2/c1-4-12-10(17)8-5-6-9(15-14-8)13-11(2,3)7-16/h5-6,16H,4,7H2,1-3H3,(H,12,17)(H,13,15). The highest BCUT2D eigenvalue weighted by atomic mass is 16.3. The molecule has 3 N–H and O–H groups in total. The van der Waals surface area contributed by atoms with Gasteiger partial charge in [-0.05, 0) is 32.9 Å². The number of anilines is 1. The Morgan fingerprint density at radius 3 is 2.59 bits per heavy atom. The largest absolute Gasteiger partial charge is 0.394 e. The molecule has 0 aliphatic carbocycles. The van der Waals surface area contributed by atoms with Gasteiger partial charge < -0.3 is 15.7 Å². The van der Waals surface area contributed by atoms with Gasteiger partial charge in [0.15, 0.2) is 5.69 Å². The van der Waals surface area contributed by atoms with Gasteiger partial charge in [0, 0.05) is 6.54 Å². The Bertz CT molecular complexity index is 376. The molecule has 0 bridgehead atoms. The summed E-state index contributed by atoms with van der Waals surface area (Å²) in [7, 11) is 0. The summed E-state index contributed by atoms with van der Waals surface area (Å²) in [4.78, 5) is 11.4. The summed E-state index contributed by atoms with van der Waals surface area (Å²) in [5, 5.41) is 22.4. The van der Waals surface area contributed by atoms with Crippen LogP contribution in [-0.2, 0) is 0 Å². The third-order valence-corrected chi connectivity index (χ3v) is 2.10. The molecule has 6 nitrogen and oxygen atoms in total. The Morgan fingerprint density at radius 2 is 2.12 bits per heavy atom. The van der Waals surface area contributed by atoms with E-state index in [1.165, 1.54) is 0 Å². The Morgan fingerprint density at radius 1 is 1.41 bits per heavy atom. The number of rotatable bonds is 5. The van der Waals surface area contributed by atoms with Gasteiger partial charge in [0.05, 0.1) is 12.1 Å². The predicted molar refractivity (Wildman–Crippen MR) is 64.8 cm³/mol. The molecule has 0 fully saturated rings. The number of aliphatic hydroxyl groups is 1. The number of hydrogen-bond acceptors (Lipinski definition) is 5. The Hall–Kier alpha value is -1.69. The molecule has 1 rings (SSSR count). The van der Waals surface area contributed by atoms with E-state index in [9.17, 15) is 4.79 Å². The van der Waals surface area contributed by atoms with E-state index in [1.54, 1.807) is 12.1 Å². The SMILES string of the molecule is CCNC(=O)c1ccc(NC(C)(C)CO)nn1. The minimum atomic E-state index is -0.470. The van der Waals surface area contributed by atoms with Gasteiger partial charge in [-0.2, -0.15) is 0 Å². The molecule has 0 spiro atoms. The average molecular weight is 238 g/mol. The fourth-order valence-corrected chi connectivity index (χ4v) is 1.16. The van der Waals surface area contributed by atoms with Crippen molar-refractivity contribution in [3.8, 4) is 0 Å². The zero-order chi connectivity index (χ0) is 12.9. The van der Waals surface area contributed by atoms with Gasteiger partial charge in [-0.1, -0.05) is 0 Å². The van der Waals surface area contributed by atoms with Crippen molar-refractivity contribution < 1.29 is 9.90 Å². The molecule has 1 heterocycles. The van der Waals surface area contributed by atoms with E-state index in [0.29, 0.717) is 12.4 Å². The first-order chi connectivity index (χ1) is 7.98. The van der Waals surface area contributed by atoms with Crippen LogP contribution in [0.15, 0.2) is 12.1 Å². The first-order valence-corrected chi connectivity index (χ1v) is 5.49. The number of amides is 1. The lowest BCUT2D eigenvalue weighted by atomic mass is 10.1. The highest BCUT2D eigenvalue weighted by Gasteiger charge is 2.16. The van der Waals surface area contributed by atoms with Crippen molar-refractivity contribution in [2.45, 2.75) is 26.3 Å². The molecule has 0 unspecified atom stereocenters. The van der Waals surface area contributed by atoms with Crippen LogP contribution in [0.1, 0.15) is 31.3 Å². The first-order valence-electron chi connectivity index (χ1n) is 5.49. The number of nitrogens with one attached hydrogen (secondary N) is 2. The van der Waals surface area contributed by atoms with Gasteiger partial charge in [-0.15, -0.1) is 10.2 Å². The van der Waals surface area contributed by atoms with Gasteiger partial charge in [0.1, 0.15) is 5.82 Å². The molecule has 6 heteroatoms. The van der Waals surface area contributed by atoms with Gasteiger partial charge >= 0.3 is 0 Å². The van der Waals surface area contributed by atoms with E-state index < -0.39 is 5.54 Å². The summed E-state index contributed by atoms with van der Waals surface area (Å²) >= 11 is 0. The zero-order valence-electron chi connectivity index (χ0n) is 10.3. The first kappa shape index (κ1) is 13.4. The summed E-state index contributed by atoms with van der Waals surface area (Å²) in [5.41, 5.74) is -0.193. The van der Waals surface area contributed by atoms with Crippen LogP contribution in [0.4, 0.5) is 5.82 Å². The summed E-state index contributed by atoms with van der Waals surface area (Å²) in [5.74, 6) is 0.282. The number of hydrogen-bond donors (Lipinski definition) is 3. The van der Waals surface area contributed by atoms with Crippen LogP contribution in [0, 0.1) is 0 Å². The average Bonchev–Trinajstić information content (AvgIpc) is 2.30. The Kier molecular flexibility index (Phi) is 4.39. The predicted octanol–water partition coefficient (Wildman–Crippen LogP) is 0.409. The number of nitrogens with zero attached hydrogens (tertiary/aromatic N) is 2. The van der Waals surface area contributed by atoms with Gasteiger partial charge in [0.25, 0.3) is 5.91 Å². The van der Waals surface area contributed by atoms with Crippen molar-refractivity contribution in [3.63, 3.8) is 0 Å². The molecule has 0 aromatic carbocycles. The number of aromatic nitrogens is 2. The summed E-state index contributed by atoms with van der Waals surface area (Å²) in [6.07, 6.45) is 0. The third kappa shape index (κ3) is 3.99. The molecule has 0 saturated heterocycles. The Labute approximate surface area is 100 Å². The lowest BCUT2D eigenvalue weighted by Crippen LogP contribution is -2.35. The van der Waals surface area contributed by atoms with E-state index in [1.807, 2.05) is 20.8 Å². The second-order valence-electron chi connectivity index (χ2n) is 4.33. The van der Waals surface area contributed by atoms with E-state index in [4.69, 9.17) is 5.11 Å². The van der Waals surface area contributed by atoms with Crippen molar-refractivity contribution >= 4 is 11.7 Å². The van der Waals surface area contributed by atoms with Crippen molar-refractivity contribution in [2.24, 2.45) is 0 Å². The molecular weight excluding hydrogens is 220 g/mol. The maximum atomic E-state index is 11.4. The minimum absolute atomic E-state index is 0.0211. The van der Waals surface area contributed by atoms with E-state index in [-0.39, 0.29) is 18.2 Å². The van der Waals surface area contributed by atoms with Crippen LogP contribution in [0.5, 0.6) is 0 Å². The van der Waals surface area contributed by atoms with Gasteiger partial charge in [-0.25, -0.2) is 0 Å². The minimum Gasteiger partial charge on any atom is -0.394 e. The Balaban J connectivity index is 2.71. The summed E-state index contributed by atoms with van der Waals surface area (Å²) < 4.78 is 0. The smallest absolute Gasteiger partial charge is 0.271 e. The molecule has 0 atom stereocenters. The second kappa shape index (κ2) is 5.58. The lowest BCUT2D eigenvalue weighted by molar-refractivity contribution is 0.0950. The molecule has 0 saturated carbocycles. The van der Waals surface area contributed by atoms with Crippen LogP contribution in [-0.4, -0.2) is 39.9 Å². The molecule has 1 aromatic rings. The van der Waals surface area contributed by atoms with Crippen LogP contribution in [0.2, 0.25) is 0 Å². The van der Waals surface area contributed by atoms with Crippen LogP contribution < -0.4 is 10.6 Å². The molecule has 17 heavy (non-hydrogen) atoms. The topological polar surface area (TPSA) is 87.1 Å². The summed E-state index contributed by atoms with van der Waals surface area (Å²) in [6.45, 7) is 6.05. The van der Waals surface area contributed by atoms with Crippen LogP contribution in [0.25, 0.3) is 0 Å². The highest BCUT2D eigenvalue weighted by molar-refractivity contribution is 5.92. The van der Waals surface area contributed by atoms with E-state index in [2.05, 4.69) is 20.8 Å². The molecular formula is C11H18N4O2.